The number of aliphatic carboxylic acids is 1. The number of hydrogen-bond acceptors (Lipinski definition) is 7. The van der Waals surface area contributed by atoms with Gasteiger partial charge in [0.15, 0.2) is 5.96 Å². The van der Waals surface area contributed by atoms with Crippen LogP contribution in [0.2, 0.25) is 0 Å². The number of nitrogens with two attached hydrogens (primary N) is 4. The van der Waals surface area contributed by atoms with Crippen molar-refractivity contribution in [3.05, 3.63) is 0 Å². The van der Waals surface area contributed by atoms with Crippen LogP contribution in [0.1, 0.15) is 51.9 Å². The molecule has 1 heterocycles. The highest BCUT2D eigenvalue weighted by molar-refractivity contribution is 5.94. The molecule has 0 aromatic heterocycles. The van der Waals surface area contributed by atoms with E-state index >= 15 is 0 Å². The monoisotopic (exact) mass is 470 g/mol. The standard InChI is InChI=1S/C20H38N8O5/c1-12(16(29)27-14(19(32)33)7-4-10-25-20(23)24)26-17(30)15-8-5-11-28(15)18(31)13(22)6-2-3-9-21/h12-15H,2-11,21-22H2,1H3,(H,26,30)(H,27,29)(H,32,33)(H4,23,24,25)/t12-,13-,14+,15-/m0/s1. The number of nitrogens with zero attached hydrogens (tertiary/aromatic N) is 2. The van der Waals surface area contributed by atoms with Crippen molar-refractivity contribution < 1.29 is 24.3 Å². The average Bonchev–Trinajstić information content (AvgIpc) is 3.24. The molecule has 1 aliphatic heterocycles. The van der Waals surface area contributed by atoms with Gasteiger partial charge in [-0.05, 0) is 52.0 Å². The molecule has 188 valence electrons. The van der Waals surface area contributed by atoms with Gasteiger partial charge in [0.1, 0.15) is 18.1 Å². The number of carboxylic acids is 1. The van der Waals surface area contributed by atoms with Crippen molar-refractivity contribution in [3.8, 4) is 0 Å². The van der Waals surface area contributed by atoms with Crippen molar-refractivity contribution >= 4 is 29.7 Å². The molecule has 0 bridgehead atoms. The Morgan fingerprint density at radius 1 is 1.12 bits per heavy atom. The van der Waals surface area contributed by atoms with Crippen LogP contribution in [0.25, 0.3) is 0 Å². The number of aliphatic imine (C=N–C) groups is 1. The molecule has 0 aliphatic carbocycles. The summed E-state index contributed by atoms with van der Waals surface area (Å²) in [5, 5.41) is 14.3. The Labute approximate surface area is 193 Å². The van der Waals surface area contributed by atoms with E-state index in [9.17, 15) is 24.3 Å². The van der Waals surface area contributed by atoms with E-state index in [1.165, 1.54) is 11.8 Å². The highest BCUT2D eigenvalue weighted by Crippen LogP contribution is 2.19. The molecule has 11 N–H and O–H groups in total. The van der Waals surface area contributed by atoms with Gasteiger partial charge >= 0.3 is 5.97 Å². The van der Waals surface area contributed by atoms with E-state index in [0.29, 0.717) is 38.8 Å². The quantitative estimate of drug-likeness (QED) is 0.0810. The molecule has 0 aromatic rings. The predicted molar refractivity (Wildman–Crippen MR) is 123 cm³/mol. The van der Waals surface area contributed by atoms with Gasteiger partial charge in [-0.15, -0.1) is 0 Å². The van der Waals surface area contributed by atoms with E-state index in [-0.39, 0.29) is 24.8 Å². The van der Waals surface area contributed by atoms with Crippen LogP contribution in [0.4, 0.5) is 0 Å². The van der Waals surface area contributed by atoms with E-state index in [1.54, 1.807) is 0 Å². The number of carboxylic acid groups (broad SMARTS) is 1. The predicted octanol–water partition coefficient (Wildman–Crippen LogP) is -2.44. The first-order valence-corrected chi connectivity index (χ1v) is 11.2. The Bertz CT molecular complexity index is 713. The number of amides is 3. The molecule has 0 aromatic carbocycles. The second-order valence-electron chi connectivity index (χ2n) is 8.16. The lowest BCUT2D eigenvalue weighted by Crippen LogP contribution is -2.55. The molecule has 1 saturated heterocycles. The fourth-order valence-corrected chi connectivity index (χ4v) is 3.58. The van der Waals surface area contributed by atoms with Crippen LogP contribution in [0.15, 0.2) is 4.99 Å². The minimum Gasteiger partial charge on any atom is -0.480 e. The summed E-state index contributed by atoms with van der Waals surface area (Å²) < 4.78 is 0. The maximum Gasteiger partial charge on any atom is 0.326 e. The molecule has 33 heavy (non-hydrogen) atoms. The summed E-state index contributed by atoms with van der Waals surface area (Å²) in [5.41, 5.74) is 21.9. The number of hydrogen-bond donors (Lipinski definition) is 7. The molecule has 0 saturated carbocycles. The second kappa shape index (κ2) is 14.3. The van der Waals surface area contributed by atoms with Gasteiger partial charge in [0.2, 0.25) is 17.7 Å². The maximum absolute atomic E-state index is 12.8. The molecule has 3 amide bonds. The minimum absolute atomic E-state index is 0.0989. The molecule has 4 atom stereocenters. The second-order valence-corrected chi connectivity index (χ2v) is 8.16. The third-order valence-corrected chi connectivity index (χ3v) is 5.44. The first-order valence-electron chi connectivity index (χ1n) is 11.2. The number of nitrogens with one attached hydrogen (secondary N) is 2. The molecular formula is C20H38N8O5. The van der Waals surface area contributed by atoms with E-state index in [4.69, 9.17) is 22.9 Å². The molecule has 13 nitrogen and oxygen atoms in total. The molecule has 1 fully saturated rings. The summed E-state index contributed by atoms with van der Waals surface area (Å²) in [6, 6.07) is -3.57. The van der Waals surface area contributed by atoms with Crippen LogP contribution >= 0.6 is 0 Å². The zero-order valence-corrected chi connectivity index (χ0v) is 19.2. The van der Waals surface area contributed by atoms with Gasteiger partial charge in [-0.25, -0.2) is 4.79 Å². The molecule has 13 heteroatoms. The van der Waals surface area contributed by atoms with Gasteiger partial charge in [-0.2, -0.15) is 0 Å². The van der Waals surface area contributed by atoms with Gasteiger partial charge in [-0.3, -0.25) is 19.4 Å². The van der Waals surface area contributed by atoms with Crippen molar-refractivity contribution in [1.82, 2.24) is 15.5 Å². The lowest BCUT2D eigenvalue weighted by Gasteiger charge is -2.28. The van der Waals surface area contributed by atoms with E-state index in [1.807, 2.05) is 0 Å². The summed E-state index contributed by atoms with van der Waals surface area (Å²) in [6.45, 7) is 2.62. The number of carbonyl (C=O) groups is 4. The normalized spacial score (nSPS) is 18.2. The fraction of sp³-hybridized carbons (Fsp3) is 0.750. The number of carbonyl (C=O) groups excluding carboxylic acids is 3. The number of rotatable bonds is 14. The largest absolute Gasteiger partial charge is 0.480 e. The van der Waals surface area contributed by atoms with Gasteiger partial charge in [-0.1, -0.05) is 6.42 Å². The van der Waals surface area contributed by atoms with Crippen LogP contribution in [0.3, 0.4) is 0 Å². The summed E-state index contributed by atoms with van der Waals surface area (Å²) in [6.07, 6.45) is 3.55. The highest BCUT2D eigenvalue weighted by Gasteiger charge is 2.37. The van der Waals surface area contributed by atoms with Crippen molar-refractivity contribution in [2.45, 2.75) is 76.0 Å². The first kappa shape index (κ1) is 28.1. The fourth-order valence-electron chi connectivity index (χ4n) is 3.58. The molecule has 1 rings (SSSR count). The number of likely N-dealkylation sites (tertiary alicyclic amines) is 1. The summed E-state index contributed by atoms with van der Waals surface area (Å²) in [4.78, 5) is 54.6. The Kier molecular flexibility index (Phi) is 12.1. The number of guanidine groups is 1. The Balaban J connectivity index is 2.61. The zero-order valence-electron chi connectivity index (χ0n) is 19.2. The van der Waals surface area contributed by atoms with Gasteiger partial charge in [0.25, 0.3) is 0 Å². The first-order chi connectivity index (χ1) is 15.6. The smallest absolute Gasteiger partial charge is 0.326 e. The topological polar surface area (TPSA) is 232 Å². The van der Waals surface area contributed by atoms with E-state index in [2.05, 4.69) is 15.6 Å². The Hall–Kier alpha value is -2.93. The summed E-state index contributed by atoms with van der Waals surface area (Å²) in [7, 11) is 0. The van der Waals surface area contributed by atoms with E-state index < -0.39 is 42.0 Å². The molecular weight excluding hydrogens is 432 g/mol. The van der Waals surface area contributed by atoms with Crippen LogP contribution in [-0.4, -0.2) is 83.5 Å². The van der Waals surface area contributed by atoms with Gasteiger partial charge < -0.3 is 43.6 Å². The van der Waals surface area contributed by atoms with Gasteiger partial charge in [0.05, 0.1) is 6.04 Å². The van der Waals surface area contributed by atoms with E-state index in [0.717, 1.165) is 12.8 Å². The molecule has 0 unspecified atom stereocenters. The third kappa shape index (κ3) is 9.61. The maximum atomic E-state index is 12.8. The Morgan fingerprint density at radius 2 is 1.82 bits per heavy atom. The van der Waals surface area contributed by atoms with Crippen molar-refractivity contribution in [2.75, 3.05) is 19.6 Å². The van der Waals surface area contributed by atoms with Crippen molar-refractivity contribution in [3.63, 3.8) is 0 Å². The van der Waals surface area contributed by atoms with Crippen molar-refractivity contribution in [2.24, 2.45) is 27.9 Å². The number of unbranched alkanes of at least 4 members (excludes halogenated alkanes) is 1. The third-order valence-electron chi connectivity index (χ3n) is 5.44. The van der Waals surface area contributed by atoms with Crippen molar-refractivity contribution in [1.29, 1.82) is 0 Å². The average molecular weight is 471 g/mol. The highest BCUT2D eigenvalue weighted by atomic mass is 16.4. The minimum atomic E-state index is -1.21. The summed E-state index contributed by atoms with van der Waals surface area (Å²) in [5.74, 6) is -2.72. The molecule has 0 spiro atoms. The SMILES string of the molecule is C[C@H](NC(=O)[C@@H]1CCCN1C(=O)[C@@H](N)CCCCN)C(=O)N[C@H](CCCN=C(N)N)C(=O)O. The van der Waals surface area contributed by atoms with Crippen LogP contribution in [-0.2, 0) is 19.2 Å². The van der Waals surface area contributed by atoms with Crippen LogP contribution < -0.4 is 33.6 Å². The lowest BCUT2D eigenvalue weighted by atomic mass is 10.1. The van der Waals surface area contributed by atoms with Crippen LogP contribution in [0, 0.1) is 0 Å². The Morgan fingerprint density at radius 3 is 2.42 bits per heavy atom. The molecule has 0 radical (unpaired) electrons. The van der Waals surface area contributed by atoms with Gasteiger partial charge in [0, 0.05) is 13.1 Å². The molecule has 1 aliphatic rings. The van der Waals surface area contributed by atoms with Crippen LogP contribution in [0.5, 0.6) is 0 Å². The zero-order chi connectivity index (χ0) is 25.0. The lowest BCUT2D eigenvalue weighted by molar-refractivity contribution is -0.143. The summed E-state index contributed by atoms with van der Waals surface area (Å²) >= 11 is 0.